The van der Waals surface area contributed by atoms with E-state index in [0.717, 1.165) is 24.1 Å². The molecule has 0 aliphatic carbocycles. The molecule has 4 nitrogen and oxygen atoms in total. The van der Waals surface area contributed by atoms with Crippen molar-refractivity contribution in [1.82, 2.24) is 5.32 Å². The van der Waals surface area contributed by atoms with Crippen LogP contribution in [0.25, 0.3) is 0 Å². The molecule has 0 amide bonds. The molecule has 0 spiro atoms. The Morgan fingerprint density at radius 1 is 0.955 bits per heavy atom. The number of rotatable bonds is 8. The molecule has 2 N–H and O–H groups in total. The fourth-order valence-corrected chi connectivity index (χ4v) is 2.38. The van der Waals surface area contributed by atoms with E-state index in [2.05, 4.69) is 17.4 Å². The lowest BCUT2D eigenvalue weighted by Crippen LogP contribution is -2.18. The highest BCUT2D eigenvalue weighted by molar-refractivity contribution is 5.47. The molecule has 2 aromatic rings. The maximum absolute atomic E-state index is 9.51. The summed E-state index contributed by atoms with van der Waals surface area (Å²) < 4.78 is 10.6. The van der Waals surface area contributed by atoms with Crippen LogP contribution in [0.1, 0.15) is 16.7 Å². The van der Waals surface area contributed by atoms with Gasteiger partial charge in [-0.3, -0.25) is 0 Å². The fourth-order valence-electron chi connectivity index (χ4n) is 2.38. The van der Waals surface area contributed by atoms with Crippen LogP contribution < -0.4 is 14.8 Å². The SMILES string of the molecule is COc1cc(CO)c(CNCCc2ccccc2)cc1OC. The van der Waals surface area contributed by atoms with Crippen molar-refractivity contribution in [3.63, 3.8) is 0 Å². The molecular weight excluding hydrogens is 278 g/mol. The maximum atomic E-state index is 9.51. The molecule has 0 aliphatic heterocycles. The van der Waals surface area contributed by atoms with Gasteiger partial charge in [0, 0.05) is 6.54 Å². The number of benzene rings is 2. The van der Waals surface area contributed by atoms with Crippen LogP contribution in [0.5, 0.6) is 11.5 Å². The quantitative estimate of drug-likeness (QED) is 0.736. The number of aliphatic hydroxyl groups is 1. The molecule has 22 heavy (non-hydrogen) atoms. The first-order valence-electron chi connectivity index (χ1n) is 7.37. The van der Waals surface area contributed by atoms with Crippen LogP contribution in [0.15, 0.2) is 42.5 Å². The van der Waals surface area contributed by atoms with Crippen LogP contribution in [-0.4, -0.2) is 25.9 Å². The highest BCUT2D eigenvalue weighted by atomic mass is 16.5. The molecule has 0 atom stereocenters. The Morgan fingerprint density at radius 3 is 2.18 bits per heavy atom. The van der Waals surface area contributed by atoms with Gasteiger partial charge in [-0.1, -0.05) is 30.3 Å². The predicted octanol–water partition coefficient (Wildman–Crippen LogP) is 2.53. The van der Waals surface area contributed by atoms with Crippen LogP contribution in [0, 0.1) is 0 Å². The second kappa shape index (κ2) is 8.41. The van der Waals surface area contributed by atoms with Gasteiger partial charge < -0.3 is 19.9 Å². The second-order valence-corrected chi connectivity index (χ2v) is 5.05. The molecule has 118 valence electrons. The third-order valence-corrected chi connectivity index (χ3v) is 3.62. The number of methoxy groups -OCH3 is 2. The smallest absolute Gasteiger partial charge is 0.161 e. The van der Waals surface area contributed by atoms with Crippen molar-refractivity contribution in [3.8, 4) is 11.5 Å². The summed E-state index contributed by atoms with van der Waals surface area (Å²) in [4.78, 5) is 0. The largest absolute Gasteiger partial charge is 0.493 e. The van der Waals surface area contributed by atoms with Gasteiger partial charge in [-0.15, -0.1) is 0 Å². The van der Waals surface area contributed by atoms with Gasteiger partial charge in [0.15, 0.2) is 11.5 Å². The molecule has 0 saturated carbocycles. The normalized spacial score (nSPS) is 10.5. The zero-order chi connectivity index (χ0) is 15.8. The van der Waals surface area contributed by atoms with E-state index in [1.54, 1.807) is 14.2 Å². The minimum atomic E-state index is -0.0178. The molecule has 4 heteroatoms. The van der Waals surface area contributed by atoms with E-state index in [9.17, 15) is 5.11 Å². The minimum Gasteiger partial charge on any atom is -0.493 e. The summed E-state index contributed by atoms with van der Waals surface area (Å²) in [6.07, 6.45) is 0.975. The first-order chi connectivity index (χ1) is 10.8. The summed E-state index contributed by atoms with van der Waals surface area (Å²) in [5.41, 5.74) is 3.18. The average molecular weight is 301 g/mol. The van der Waals surface area contributed by atoms with Crippen LogP contribution in [0.2, 0.25) is 0 Å². The van der Waals surface area contributed by atoms with Crippen LogP contribution in [-0.2, 0) is 19.6 Å². The average Bonchev–Trinajstić information content (AvgIpc) is 2.58. The molecule has 0 heterocycles. The zero-order valence-electron chi connectivity index (χ0n) is 13.1. The summed E-state index contributed by atoms with van der Waals surface area (Å²) in [7, 11) is 3.21. The van der Waals surface area contributed by atoms with Gasteiger partial charge in [0.05, 0.1) is 20.8 Å². The molecule has 0 radical (unpaired) electrons. The predicted molar refractivity (Wildman–Crippen MR) is 87.3 cm³/mol. The van der Waals surface area contributed by atoms with Crippen molar-refractivity contribution >= 4 is 0 Å². The minimum absolute atomic E-state index is 0.0178. The third-order valence-electron chi connectivity index (χ3n) is 3.62. The molecule has 0 saturated heterocycles. The number of ether oxygens (including phenoxy) is 2. The molecular formula is C18H23NO3. The van der Waals surface area contributed by atoms with Gasteiger partial charge in [-0.25, -0.2) is 0 Å². The van der Waals surface area contributed by atoms with Crippen molar-refractivity contribution in [2.45, 2.75) is 19.6 Å². The maximum Gasteiger partial charge on any atom is 0.161 e. The first-order valence-corrected chi connectivity index (χ1v) is 7.37. The number of aliphatic hydroxyl groups excluding tert-OH is 1. The van der Waals surface area contributed by atoms with E-state index >= 15 is 0 Å². The lowest BCUT2D eigenvalue weighted by atomic mass is 10.1. The fraction of sp³-hybridized carbons (Fsp3) is 0.333. The molecule has 2 aromatic carbocycles. The molecule has 0 unspecified atom stereocenters. The Bertz CT molecular complexity index is 584. The number of nitrogens with one attached hydrogen (secondary N) is 1. The number of hydrogen-bond acceptors (Lipinski definition) is 4. The second-order valence-electron chi connectivity index (χ2n) is 5.05. The summed E-state index contributed by atoms with van der Waals surface area (Å²) in [6, 6.07) is 14.1. The Hall–Kier alpha value is -2.04. The van der Waals surface area contributed by atoms with Gasteiger partial charge in [-0.05, 0) is 41.8 Å². The standard InChI is InChI=1S/C18H23NO3/c1-21-17-10-15(16(13-20)11-18(17)22-2)12-19-9-8-14-6-4-3-5-7-14/h3-7,10-11,19-20H,8-9,12-13H2,1-2H3. The Kier molecular flexibility index (Phi) is 6.25. The van der Waals surface area contributed by atoms with Gasteiger partial charge in [-0.2, -0.15) is 0 Å². The lowest BCUT2D eigenvalue weighted by Gasteiger charge is -2.14. The van der Waals surface area contributed by atoms with E-state index in [1.165, 1.54) is 5.56 Å². The first kappa shape index (κ1) is 16.3. The van der Waals surface area contributed by atoms with E-state index in [-0.39, 0.29) is 6.61 Å². The van der Waals surface area contributed by atoms with Crippen LogP contribution in [0.3, 0.4) is 0 Å². The van der Waals surface area contributed by atoms with Crippen LogP contribution in [0.4, 0.5) is 0 Å². The lowest BCUT2D eigenvalue weighted by molar-refractivity contribution is 0.278. The van der Waals surface area contributed by atoms with Gasteiger partial charge in [0.25, 0.3) is 0 Å². The van der Waals surface area contributed by atoms with E-state index in [1.807, 2.05) is 30.3 Å². The monoisotopic (exact) mass is 301 g/mol. The van der Waals surface area contributed by atoms with Gasteiger partial charge >= 0.3 is 0 Å². The molecule has 0 aromatic heterocycles. The Balaban J connectivity index is 1.96. The van der Waals surface area contributed by atoms with E-state index in [0.29, 0.717) is 18.0 Å². The summed E-state index contributed by atoms with van der Waals surface area (Å²) >= 11 is 0. The molecule has 0 bridgehead atoms. The van der Waals surface area contributed by atoms with Crippen molar-refractivity contribution in [2.75, 3.05) is 20.8 Å². The summed E-state index contributed by atoms with van der Waals surface area (Å²) in [6.45, 7) is 1.54. The highest BCUT2D eigenvalue weighted by Crippen LogP contribution is 2.30. The Labute approximate surface area is 131 Å². The van der Waals surface area contributed by atoms with Crippen molar-refractivity contribution in [2.24, 2.45) is 0 Å². The molecule has 2 rings (SSSR count). The topological polar surface area (TPSA) is 50.7 Å². The third kappa shape index (κ3) is 4.23. The van der Waals surface area contributed by atoms with Gasteiger partial charge in [0.1, 0.15) is 0 Å². The van der Waals surface area contributed by atoms with Gasteiger partial charge in [0.2, 0.25) is 0 Å². The van der Waals surface area contributed by atoms with E-state index in [4.69, 9.17) is 9.47 Å². The van der Waals surface area contributed by atoms with E-state index < -0.39 is 0 Å². The number of hydrogen-bond donors (Lipinski definition) is 2. The molecule has 0 aliphatic rings. The summed E-state index contributed by atoms with van der Waals surface area (Å²) in [5.74, 6) is 1.32. The molecule has 0 fully saturated rings. The van der Waals surface area contributed by atoms with Crippen molar-refractivity contribution < 1.29 is 14.6 Å². The van der Waals surface area contributed by atoms with Crippen molar-refractivity contribution in [3.05, 3.63) is 59.2 Å². The summed E-state index contributed by atoms with van der Waals surface area (Å²) in [5, 5.41) is 12.9. The van der Waals surface area contributed by atoms with Crippen molar-refractivity contribution in [1.29, 1.82) is 0 Å². The van der Waals surface area contributed by atoms with Crippen LogP contribution >= 0.6 is 0 Å². The highest BCUT2D eigenvalue weighted by Gasteiger charge is 2.10. The zero-order valence-corrected chi connectivity index (χ0v) is 13.1. The Morgan fingerprint density at radius 2 is 1.59 bits per heavy atom.